The van der Waals surface area contributed by atoms with E-state index in [0.717, 1.165) is 17.9 Å². The molecule has 9 fully saturated rings. The first-order valence-electron chi connectivity index (χ1n) is 9.56. The van der Waals surface area contributed by atoms with Crippen molar-refractivity contribution in [2.45, 2.75) is 76.2 Å². The molecule has 4 saturated carbocycles. The van der Waals surface area contributed by atoms with Crippen LogP contribution < -0.4 is 0 Å². The summed E-state index contributed by atoms with van der Waals surface area (Å²) in [4.78, 5) is 2.98. The maximum absolute atomic E-state index is 6.72. The number of hydrogen-bond donors (Lipinski definition) is 0. The van der Waals surface area contributed by atoms with Crippen molar-refractivity contribution in [1.82, 2.24) is 4.90 Å². The fourth-order valence-corrected chi connectivity index (χ4v) is 10.4. The van der Waals surface area contributed by atoms with Crippen molar-refractivity contribution >= 4 is 0 Å². The smallest absolute Gasteiger partial charge is 0.0806 e. The highest BCUT2D eigenvalue weighted by molar-refractivity contribution is 5.43. The van der Waals surface area contributed by atoms with Gasteiger partial charge < -0.3 is 4.74 Å². The number of fused-ring (bicyclic) bond motifs is 1. The Hall–Kier alpha value is -0.340. The van der Waals surface area contributed by atoms with Crippen LogP contribution in [-0.4, -0.2) is 35.2 Å². The molecule has 9 rings (SSSR count). The second-order valence-electron chi connectivity index (χ2n) is 10.6. The van der Waals surface area contributed by atoms with Crippen molar-refractivity contribution in [3.05, 3.63) is 12.2 Å². The van der Waals surface area contributed by atoms with Crippen molar-refractivity contribution in [3.63, 3.8) is 0 Å². The van der Waals surface area contributed by atoms with Gasteiger partial charge in [0, 0.05) is 23.5 Å². The first kappa shape index (κ1) is 12.1. The van der Waals surface area contributed by atoms with Gasteiger partial charge >= 0.3 is 0 Å². The van der Waals surface area contributed by atoms with E-state index in [4.69, 9.17) is 4.74 Å². The van der Waals surface area contributed by atoms with Gasteiger partial charge in [0.2, 0.25) is 0 Å². The number of piperidine rings is 2. The molecule has 4 aliphatic carbocycles. The van der Waals surface area contributed by atoms with Crippen LogP contribution in [0, 0.1) is 28.1 Å². The lowest BCUT2D eigenvalue weighted by atomic mass is 9.41. The van der Waals surface area contributed by atoms with Gasteiger partial charge in [-0.3, -0.25) is 4.90 Å². The summed E-state index contributed by atoms with van der Waals surface area (Å²) >= 11 is 0. The largest absolute Gasteiger partial charge is 0.368 e. The zero-order chi connectivity index (χ0) is 14.7. The molecule has 0 aromatic heterocycles. The zero-order valence-corrected chi connectivity index (χ0v) is 13.9. The molecule has 5 heterocycles. The third kappa shape index (κ3) is 0.815. The Balaban J connectivity index is 1.55. The van der Waals surface area contributed by atoms with E-state index in [1.54, 1.807) is 0 Å². The van der Waals surface area contributed by atoms with Gasteiger partial charge in [0.25, 0.3) is 0 Å². The lowest BCUT2D eigenvalue weighted by Crippen LogP contribution is -2.66. The van der Waals surface area contributed by atoms with Crippen LogP contribution in [0.15, 0.2) is 12.2 Å². The molecule has 10 atom stereocenters. The predicted octanol–water partition coefficient (Wildman–Crippen LogP) is 3.37. The van der Waals surface area contributed by atoms with Crippen LogP contribution in [0.2, 0.25) is 0 Å². The van der Waals surface area contributed by atoms with E-state index in [0.29, 0.717) is 34.0 Å². The van der Waals surface area contributed by atoms with E-state index < -0.39 is 0 Å². The van der Waals surface area contributed by atoms with Crippen molar-refractivity contribution in [1.29, 1.82) is 0 Å². The van der Waals surface area contributed by atoms with Gasteiger partial charge in [-0.1, -0.05) is 19.9 Å². The van der Waals surface area contributed by atoms with Crippen molar-refractivity contribution in [2.75, 3.05) is 6.54 Å². The van der Waals surface area contributed by atoms with E-state index in [1.807, 2.05) is 0 Å². The summed E-state index contributed by atoms with van der Waals surface area (Å²) in [5, 5.41) is 0. The van der Waals surface area contributed by atoms with Gasteiger partial charge in [-0.2, -0.15) is 0 Å². The fraction of sp³-hybridized carbons (Fsp3) is 0.900. The van der Waals surface area contributed by atoms with Crippen molar-refractivity contribution in [3.8, 4) is 0 Å². The lowest BCUT2D eigenvalue weighted by Gasteiger charge is -2.65. The van der Waals surface area contributed by atoms with Gasteiger partial charge in [0.15, 0.2) is 0 Å². The molecule has 9 unspecified atom stereocenters. The van der Waals surface area contributed by atoms with Crippen LogP contribution in [0.5, 0.6) is 0 Å². The number of nitrogens with zero attached hydrogens (tertiary/aromatic N) is 1. The molecule has 5 saturated heterocycles. The minimum absolute atomic E-state index is 0.398. The van der Waals surface area contributed by atoms with Gasteiger partial charge in [-0.05, 0) is 67.3 Å². The van der Waals surface area contributed by atoms with Crippen LogP contribution >= 0.6 is 0 Å². The molecule has 0 N–H and O–H groups in total. The van der Waals surface area contributed by atoms with E-state index in [2.05, 4.69) is 25.3 Å². The Bertz CT molecular complexity index is 658. The number of ether oxygens (including phenoxy) is 1. The van der Waals surface area contributed by atoms with Gasteiger partial charge in [-0.25, -0.2) is 0 Å². The highest BCUT2D eigenvalue weighted by Gasteiger charge is 2.90. The first-order chi connectivity index (χ1) is 10.5. The molecule has 0 aromatic rings. The summed E-state index contributed by atoms with van der Waals surface area (Å²) in [6, 6.07) is 0.757. The van der Waals surface area contributed by atoms with E-state index >= 15 is 0 Å². The van der Waals surface area contributed by atoms with Crippen LogP contribution in [0.25, 0.3) is 0 Å². The molecule has 22 heavy (non-hydrogen) atoms. The van der Waals surface area contributed by atoms with Gasteiger partial charge in [-0.15, -0.1) is 0 Å². The van der Waals surface area contributed by atoms with E-state index in [-0.39, 0.29) is 0 Å². The topological polar surface area (TPSA) is 12.5 Å². The minimum Gasteiger partial charge on any atom is -0.368 e. The maximum atomic E-state index is 6.72. The van der Waals surface area contributed by atoms with Crippen LogP contribution in [0.3, 0.4) is 0 Å². The van der Waals surface area contributed by atoms with Gasteiger partial charge in [0.05, 0.1) is 12.2 Å². The molecule has 0 aromatic carbocycles. The molecular weight excluding hydrogens is 270 g/mol. The summed E-state index contributed by atoms with van der Waals surface area (Å²) in [6.07, 6.45) is 9.38. The van der Waals surface area contributed by atoms with E-state index in [9.17, 15) is 0 Å². The highest BCUT2D eigenvalue weighted by Crippen LogP contribution is 2.87. The lowest BCUT2D eigenvalue weighted by molar-refractivity contribution is -0.213. The Kier molecular flexibility index (Phi) is 1.58. The predicted molar refractivity (Wildman–Crippen MR) is 84.4 cm³/mol. The molecule has 5 aliphatic heterocycles. The maximum Gasteiger partial charge on any atom is 0.0806 e. The third-order valence-electron chi connectivity index (χ3n) is 9.94. The average Bonchev–Trinajstić information content (AvgIpc) is 2.78. The quantitative estimate of drug-likeness (QED) is 0.636. The Morgan fingerprint density at radius 2 is 2.14 bits per heavy atom. The Morgan fingerprint density at radius 1 is 1.27 bits per heavy atom. The molecular formula is C20H27NO. The summed E-state index contributed by atoms with van der Waals surface area (Å²) in [5.74, 6) is 1.89. The summed E-state index contributed by atoms with van der Waals surface area (Å²) < 4.78 is 6.72. The number of rotatable bonds is 0. The number of hydrogen-bond acceptors (Lipinski definition) is 2. The average molecular weight is 297 g/mol. The molecule has 2 nitrogen and oxygen atoms in total. The van der Waals surface area contributed by atoms with Crippen molar-refractivity contribution in [2.24, 2.45) is 28.1 Å². The highest BCUT2D eigenvalue weighted by atomic mass is 16.5. The van der Waals surface area contributed by atoms with Crippen LogP contribution in [0.4, 0.5) is 0 Å². The summed E-state index contributed by atoms with van der Waals surface area (Å²) in [5.41, 5.74) is 3.58. The van der Waals surface area contributed by atoms with Crippen LogP contribution in [-0.2, 0) is 4.74 Å². The SMILES string of the molecule is C=C1CC23C[C@]4(C)C5C6(C)CCCC57C(C2OC1CC37)N4C6. The molecule has 0 amide bonds. The molecule has 2 heteroatoms. The Morgan fingerprint density at radius 3 is 3.00 bits per heavy atom. The van der Waals surface area contributed by atoms with Crippen LogP contribution in [0.1, 0.15) is 52.4 Å². The second kappa shape index (κ2) is 2.88. The molecule has 9 aliphatic rings. The standard InChI is InChI=1S/C20H27NO/c1-11-8-19-9-18(3)16-17(2)5-4-6-20(16)13(19)7-12(11)22-15(19)14(20)21(18)10-17/h12-16H,1,4-10H2,2-3H3/t12?,13?,14?,15?,16?,17?,18-,19?,20?/m1/s1. The molecule has 0 radical (unpaired) electrons. The first-order valence-corrected chi connectivity index (χ1v) is 9.56. The minimum atomic E-state index is 0.398. The summed E-state index contributed by atoms with van der Waals surface area (Å²) in [7, 11) is 0. The van der Waals surface area contributed by atoms with Crippen molar-refractivity contribution < 1.29 is 4.74 Å². The monoisotopic (exact) mass is 297 g/mol. The molecule has 2 spiro atoms. The Labute approximate surface area is 133 Å². The van der Waals surface area contributed by atoms with Gasteiger partial charge in [0.1, 0.15) is 0 Å². The normalized spacial score (nSPS) is 75.1. The molecule has 9 bridgehead atoms. The third-order valence-corrected chi connectivity index (χ3v) is 9.94. The molecule has 118 valence electrons. The summed E-state index contributed by atoms with van der Waals surface area (Å²) in [6.45, 7) is 11.0. The second-order valence-corrected chi connectivity index (χ2v) is 10.6. The zero-order valence-electron chi connectivity index (χ0n) is 13.9. The van der Waals surface area contributed by atoms with E-state index in [1.165, 1.54) is 50.6 Å². The fourth-order valence-electron chi connectivity index (χ4n) is 10.4.